The molecule has 1 aliphatic rings. The van der Waals surface area contributed by atoms with Crippen molar-refractivity contribution in [2.45, 2.75) is 30.7 Å². The molecule has 194 valence electrons. The summed E-state index contributed by atoms with van der Waals surface area (Å²) in [4.78, 5) is 24.0. The molecule has 0 saturated carbocycles. The fourth-order valence-electron chi connectivity index (χ4n) is 5.11. The number of aryl methyl sites for hydroxylation is 2. The molecule has 3 aromatic carbocycles. The molecule has 0 aliphatic carbocycles. The Balaban J connectivity index is 1.98. The minimum absolute atomic E-state index is 0.0635. The zero-order valence-electron chi connectivity index (χ0n) is 20.3. The number of carboxylic acid groups (broad SMARTS) is 2. The minimum Gasteiger partial charge on any atom is -0.508 e. The van der Waals surface area contributed by atoms with E-state index in [2.05, 4.69) is 0 Å². The number of nitrogens with zero attached hydrogens (tertiary/aromatic N) is 1. The maximum absolute atomic E-state index is 13.4. The topological polar surface area (TPSA) is 152 Å². The van der Waals surface area contributed by atoms with Crippen molar-refractivity contribution in [2.24, 2.45) is 0 Å². The van der Waals surface area contributed by atoms with Gasteiger partial charge in [-0.1, -0.05) is 36.4 Å². The quantitative estimate of drug-likeness (QED) is 0.348. The fourth-order valence-corrected chi connectivity index (χ4v) is 7.18. The molecule has 0 spiro atoms. The van der Waals surface area contributed by atoms with E-state index < -0.39 is 40.3 Å². The van der Waals surface area contributed by atoms with Crippen LogP contribution in [0.5, 0.6) is 11.5 Å². The first-order valence-corrected chi connectivity index (χ1v) is 13.1. The van der Waals surface area contributed by atoms with Crippen molar-refractivity contribution in [1.29, 1.82) is 0 Å². The van der Waals surface area contributed by atoms with Gasteiger partial charge in [0.2, 0.25) is 0 Å². The summed E-state index contributed by atoms with van der Waals surface area (Å²) in [5, 5.41) is 39.5. The predicted molar refractivity (Wildman–Crippen MR) is 135 cm³/mol. The van der Waals surface area contributed by atoms with Gasteiger partial charge in [0.25, 0.3) is 0 Å². The van der Waals surface area contributed by atoms with Gasteiger partial charge in [0.1, 0.15) is 11.5 Å². The standard InChI is InChI=1S/C27H27NO8S/c1-16-9-19(7-8-22(16)29)27(15-37(35,36)23-6-4-3-5-21(23)27)20-10-17(2)26(34)18(11-20)12-28(13-24(30)31)14-25(32)33/h3-11,29,34H,12-15H2,1-2H3,(H,30,31)(H,32,33). The molecular weight excluding hydrogens is 498 g/mol. The van der Waals surface area contributed by atoms with Gasteiger partial charge in [-0.2, -0.15) is 0 Å². The molecule has 1 atom stereocenters. The summed E-state index contributed by atoms with van der Waals surface area (Å²) in [6, 6.07) is 14.9. The van der Waals surface area contributed by atoms with Gasteiger partial charge >= 0.3 is 11.9 Å². The number of rotatable bonds is 8. The first-order valence-electron chi connectivity index (χ1n) is 11.5. The summed E-state index contributed by atoms with van der Waals surface area (Å²) in [7, 11) is -3.71. The molecule has 0 bridgehead atoms. The molecule has 4 N–H and O–H groups in total. The summed E-state index contributed by atoms with van der Waals surface area (Å²) in [5.41, 5.74) is 1.78. The molecule has 0 amide bonds. The molecule has 10 heteroatoms. The van der Waals surface area contributed by atoms with Gasteiger partial charge in [-0.05, 0) is 59.9 Å². The number of aromatic hydroxyl groups is 2. The third-order valence-electron chi connectivity index (χ3n) is 6.76. The average molecular weight is 526 g/mol. The van der Waals surface area contributed by atoms with E-state index in [4.69, 9.17) is 0 Å². The zero-order chi connectivity index (χ0) is 27.1. The van der Waals surface area contributed by atoms with Crippen molar-refractivity contribution in [3.8, 4) is 11.5 Å². The van der Waals surface area contributed by atoms with Crippen molar-refractivity contribution in [3.63, 3.8) is 0 Å². The van der Waals surface area contributed by atoms with Crippen LogP contribution in [0.4, 0.5) is 0 Å². The maximum atomic E-state index is 13.4. The van der Waals surface area contributed by atoms with Crippen molar-refractivity contribution >= 4 is 21.8 Å². The molecule has 4 rings (SSSR count). The van der Waals surface area contributed by atoms with E-state index in [1.807, 2.05) is 0 Å². The second kappa shape index (κ2) is 9.53. The highest BCUT2D eigenvalue weighted by Gasteiger charge is 2.49. The number of hydrogen-bond donors (Lipinski definition) is 4. The van der Waals surface area contributed by atoms with Crippen molar-refractivity contribution in [1.82, 2.24) is 4.90 Å². The van der Waals surface area contributed by atoms with Crippen LogP contribution < -0.4 is 0 Å². The van der Waals surface area contributed by atoms with E-state index in [-0.39, 0.29) is 34.3 Å². The number of carbonyl (C=O) groups is 2. The Bertz CT molecular complexity index is 1500. The van der Waals surface area contributed by atoms with Gasteiger partial charge in [-0.15, -0.1) is 0 Å². The lowest BCUT2D eigenvalue weighted by Crippen LogP contribution is -2.35. The van der Waals surface area contributed by atoms with Gasteiger partial charge < -0.3 is 20.4 Å². The van der Waals surface area contributed by atoms with Crippen LogP contribution in [0.3, 0.4) is 0 Å². The molecule has 37 heavy (non-hydrogen) atoms. The van der Waals surface area contributed by atoms with E-state index in [0.29, 0.717) is 27.8 Å². The molecule has 3 aromatic rings. The number of aliphatic carboxylic acids is 2. The Morgan fingerprint density at radius 1 is 0.892 bits per heavy atom. The SMILES string of the molecule is Cc1cc(C2(c3cc(C)c(O)c(CN(CC(=O)O)CC(=O)O)c3)CS(=O)(=O)c3ccccc32)ccc1O. The van der Waals surface area contributed by atoms with Gasteiger partial charge in [-0.25, -0.2) is 8.42 Å². The van der Waals surface area contributed by atoms with Crippen molar-refractivity contribution < 1.29 is 38.4 Å². The largest absolute Gasteiger partial charge is 0.508 e. The van der Waals surface area contributed by atoms with E-state index >= 15 is 0 Å². The van der Waals surface area contributed by atoms with E-state index in [9.17, 15) is 38.4 Å². The van der Waals surface area contributed by atoms with Gasteiger partial charge in [0, 0.05) is 12.1 Å². The number of phenols is 2. The zero-order valence-corrected chi connectivity index (χ0v) is 21.1. The first kappa shape index (κ1) is 26.2. The molecule has 1 unspecified atom stereocenters. The van der Waals surface area contributed by atoms with Crippen LogP contribution in [0.25, 0.3) is 0 Å². The maximum Gasteiger partial charge on any atom is 0.317 e. The van der Waals surface area contributed by atoms with Crippen molar-refractivity contribution in [2.75, 3.05) is 18.8 Å². The van der Waals surface area contributed by atoms with Gasteiger partial charge in [0.05, 0.1) is 29.2 Å². The van der Waals surface area contributed by atoms with E-state index in [1.165, 1.54) is 11.0 Å². The average Bonchev–Trinajstić information content (AvgIpc) is 3.06. The number of phenolic OH excluding ortho intramolecular Hbond substituents is 2. The van der Waals surface area contributed by atoms with Crippen LogP contribution >= 0.6 is 0 Å². The molecule has 0 aromatic heterocycles. The summed E-state index contributed by atoms with van der Waals surface area (Å²) in [6.07, 6.45) is 0. The predicted octanol–water partition coefficient (Wildman–Crippen LogP) is 2.81. The van der Waals surface area contributed by atoms with E-state index in [0.717, 1.165) is 0 Å². The lowest BCUT2D eigenvalue weighted by molar-refractivity contribution is -0.142. The smallest absolute Gasteiger partial charge is 0.317 e. The van der Waals surface area contributed by atoms with Crippen molar-refractivity contribution in [3.05, 3.63) is 88.0 Å². The van der Waals surface area contributed by atoms with Crippen LogP contribution in [0.15, 0.2) is 59.5 Å². The summed E-state index contributed by atoms with van der Waals surface area (Å²) >= 11 is 0. The highest BCUT2D eigenvalue weighted by atomic mass is 32.2. The monoisotopic (exact) mass is 525 g/mol. The third kappa shape index (κ3) is 4.77. The second-order valence-electron chi connectivity index (χ2n) is 9.40. The molecule has 1 aliphatic heterocycles. The van der Waals surface area contributed by atoms with E-state index in [1.54, 1.807) is 62.4 Å². The lowest BCUT2D eigenvalue weighted by atomic mass is 9.70. The highest BCUT2D eigenvalue weighted by molar-refractivity contribution is 7.91. The summed E-state index contributed by atoms with van der Waals surface area (Å²) < 4.78 is 26.8. The van der Waals surface area contributed by atoms with Gasteiger partial charge in [0.15, 0.2) is 9.84 Å². The Kier molecular flexibility index (Phi) is 6.74. The Morgan fingerprint density at radius 2 is 1.51 bits per heavy atom. The number of fused-ring (bicyclic) bond motifs is 1. The molecule has 0 fully saturated rings. The summed E-state index contributed by atoms with van der Waals surface area (Å²) in [6.45, 7) is 2.05. The van der Waals surface area contributed by atoms with Crippen LogP contribution in [-0.4, -0.2) is 64.5 Å². The molecule has 0 radical (unpaired) electrons. The van der Waals surface area contributed by atoms with Crippen LogP contribution in [-0.2, 0) is 31.4 Å². The van der Waals surface area contributed by atoms with Gasteiger partial charge in [-0.3, -0.25) is 14.5 Å². The van der Waals surface area contributed by atoms with Crippen LogP contribution in [0.2, 0.25) is 0 Å². The number of carboxylic acids is 2. The number of hydrogen-bond acceptors (Lipinski definition) is 7. The highest BCUT2D eigenvalue weighted by Crippen LogP contribution is 2.50. The Hall–Kier alpha value is -3.89. The molecule has 9 nitrogen and oxygen atoms in total. The van der Waals surface area contributed by atoms with Crippen LogP contribution in [0.1, 0.15) is 33.4 Å². The lowest BCUT2D eigenvalue weighted by Gasteiger charge is -2.32. The number of benzene rings is 3. The Morgan fingerprint density at radius 3 is 2.14 bits per heavy atom. The molecule has 0 saturated heterocycles. The number of sulfone groups is 1. The second-order valence-corrected chi connectivity index (χ2v) is 11.4. The summed E-state index contributed by atoms with van der Waals surface area (Å²) in [5.74, 6) is -2.80. The molecular formula is C27H27NO8S. The normalized spacial score (nSPS) is 18.0. The third-order valence-corrected chi connectivity index (χ3v) is 8.60. The fraction of sp³-hybridized carbons (Fsp3) is 0.259. The van der Waals surface area contributed by atoms with Crippen LogP contribution in [0, 0.1) is 13.8 Å². The minimum atomic E-state index is -3.71. The molecule has 1 heterocycles. The Labute approximate surface area is 214 Å². The first-order chi connectivity index (χ1) is 17.3.